The van der Waals surface area contributed by atoms with Crippen molar-refractivity contribution in [2.24, 2.45) is 0 Å². The van der Waals surface area contributed by atoms with Gasteiger partial charge >= 0.3 is 0 Å². The quantitative estimate of drug-likeness (QED) is 0.555. The summed E-state index contributed by atoms with van der Waals surface area (Å²) in [5.74, 6) is 0. The highest BCUT2D eigenvalue weighted by atomic mass is 14.2. The summed E-state index contributed by atoms with van der Waals surface area (Å²) in [6.07, 6.45) is 4.49. The maximum Gasteiger partial charge on any atom is -0.00134 e. The molecule has 0 nitrogen and oxygen atoms in total. The Morgan fingerprint density at radius 1 is 0.739 bits per heavy atom. The summed E-state index contributed by atoms with van der Waals surface area (Å²) < 4.78 is 0. The van der Waals surface area contributed by atoms with Crippen LogP contribution in [0, 0.1) is 0 Å². The molecule has 0 radical (unpaired) electrons. The highest BCUT2D eigenvalue weighted by Gasteiger charge is 2.19. The second-order valence-corrected chi connectivity index (χ2v) is 6.10. The molecule has 0 saturated carbocycles. The minimum Gasteiger partial charge on any atom is -0.0622 e. The van der Waals surface area contributed by atoms with Gasteiger partial charge in [-0.2, -0.15) is 0 Å². The van der Waals surface area contributed by atoms with Crippen molar-refractivity contribution in [3.63, 3.8) is 0 Å². The lowest BCUT2D eigenvalue weighted by Crippen LogP contribution is -1.94. The highest BCUT2D eigenvalue weighted by molar-refractivity contribution is 5.94. The van der Waals surface area contributed by atoms with Crippen LogP contribution in [0.15, 0.2) is 72.8 Å². The van der Waals surface area contributed by atoms with Gasteiger partial charge in [0.05, 0.1) is 0 Å². The van der Waals surface area contributed by atoms with Gasteiger partial charge in [-0.15, -0.1) is 0 Å². The molecule has 0 N–H and O–H groups in total. The molecule has 0 saturated heterocycles. The van der Waals surface area contributed by atoms with E-state index >= 15 is 0 Å². The zero-order chi connectivity index (χ0) is 15.6. The Hall–Kier alpha value is -2.60. The van der Waals surface area contributed by atoms with Crippen molar-refractivity contribution in [3.8, 4) is 11.1 Å². The van der Waals surface area contributed by atoms with Gasteiger partial charge in [-0.25, -0.2) is 0 Å². The van der Waals surface area contributed by atoms with E-state index in [0.29, 0.717) is 0 Å². The maximum atomic E-state index is 2.40. The van der Waals surface area contributed by atoms with Gasteiger partial charge in [0.15, 0.2) is 0 Å². The predicted molar refractivity (Wildman–Crippen MR) is 99.3 cm³/mol. The normalized spacial score (nSPS) is 12.8. The molecule has 0 heterocycles. The van der Waals surface area contributed by atoms with E-state index in [4.69, 9.17) is 0 Å². The molecule has 112 valence electrons. The van der Waals surface area contributed by atoms with E-state index in [2.05, 4.69) is 85.8 Å². The standard InChI is InChI=1S/C23H20/c1-2-17-13-14-20-15-21(18-9-5-3-6-10-18)16-22(20)23(17)19-11-7-4-8-12-19/h3-14,16H,2,15H2,1H3. The number of fused-ring (bicyclic) bond motifs is 1. The first-order valence-corrected chi connectivity index (χ1v) is 8.33. The molecule has 0 aromatic heterocycles. The number of allylic oxidation sites excluding steroid dienone is 1. The predicted octanol–water partition coefficient (Wildman–Crippen LogP) is 6.01. The van der Waals surface area contributed by atoms with E-state index in [1.165, 1.54) is 39.0 Å². The third kappa shape index (κ3) is 2.51. The first-order chi connectivity index (χ1) is 11.4. The molecule has 0 heteroatoms. The van der Waals surface area contributed by atoms with E-state index in [1.54, 1.807) is 0 Å². The van der Waals surface area contributed by atoms with E-state index < -0.39 is 0 Å². The second kappa shape index (κ2) is 5.89. The fraction of sp³-hybridized carbons (Fsp3) is 0.130. The van der Waals surface area contributed by atoms with Gasteiger partial charge in [0.25, 0.3) is 0 Å². The second-order valence-electron chi connectivity index (χ2n) is 6.10. The van der Waals surface area contributed by atoms with Crippen molar-refractivity contribution in [2.45, 2.75) is 19.8 Å². The molecule has 0 amide bonds. The van der Waals surface area contributed by atoms with E-state index in [1.807, 2.05) is 0 Å². The number of rotatable bonds is 3. The molecular formula is C23H20. The zero-order valence-electron chi connectivity index (χ0n) is 13.4. The fourth-order valence-electron chi connectivity index (χ4n) is 3.54. The van der Waals surface area contributed by atoms with E-state index in [0.717, 1.165) is 12.8 Å². The Morgan fingerprint density at radius 2 is 1.39 bits per heavy atom. The summed E-state index contributed by atoms with van der Waals surface area (Å²) in [5.41, 5.74) is 9.78. The van der Waals surface area contributed by atoms with Crippen LogP contribution in [0.1, 0.15) is 29.2 Å². The van der Waals surface area contributed by atoms with Crippen LogP contribution in [0.4, 0.5) is 0 Å². The lowest BCUT2D eigenvalue weighted by Gasteiger charge is -2.13. The highest BCUT2D eigenvalue weighted by Crippen LogP contribution is 2.39. The Bertz CT molecular complexity index is 855. The largest absolute Gasteiger partial charge is 0.0622 e. The Labute approximate surface area is 138 Å². The molecule has 1 aliphatic carbocycles. The van der Waals surface area contributed by atoms with Gasteiger partial charge in [0.2, 0.25) is 0 Å². The smallest absolute Gasteiger partial charge is 0.00134 e. The van der Waals surface area contributed by atoms with Gasteiger partial charge < -0.3 is 0 Å². The summed E-state index contributed by atoms with van der Waals surface area (Å²) >= 11 is 0. The number of hydrogen-bond acceptors (Lipinski definition) is 0. The van der Waals surface area contributed by atoms with Crippen molar-refractivity contribution in [2.75, 3.05) is 0 Å². The molecule has 0 aliphatic heterocycles. The molecule has 0 unspecified atom stereocenters. The van der Waals surface area contributed by atoms with Gasteiger partial charge in [-0.3, -0.25) is 0 Å². The summed E-state index contributed by atoms with van der Waals surface area (Å²) in [6, 6.07) is 26.2. The molecule has 4 rings (SSSR count). The van der Waals surface area contributed by atoms with Crippen molar-refractivity contribution in [3.05, 3.63) is 95.1 Å². The Morgan fingerprint density at radius 3 is 2.04 bits per heavy atom. The first-order valence-electron chi connectivity index (χ1n) is 8.33. The number of aryl methyl sites for hydroxylation is 1. The molecular weight excluding hydrogens is 276 g/mol. The van der Waals surface area contributed by atoms with Crippen LogP contribution in [0.2, 0.25) is 0 Å². The van der Waals surface area contributed by atoms with Crippen LogP contribution in [0.3, 0.4) is 0 Å². The molecule has 0 atom stereocenters. The van der Waals surface area contributed by atoms with Crippen LogP contribution < -0.4 is 0 Å². The Balaban J connectivity index is 1.89. The average Bonchev–Trinajstić information content (AvgIpc) is 3.06. The monoisotopic (exact) mass is 296 g/mol. The molecule has 0 bridgehead atoms. The lowest BCUT2D eigenvalue weighted by atomic mass is 9.91. The van der Waals surface area contributed by atoms with Crippen LogP contribution >= 0.6 is 0 Å². The summed E-state index contributed by atoms with van der Waals surface area (Å²) in [6.45, 7) is 2.24. The van der Waals surface area contributed by atoms with E-state index in [9.17, 15) is 0 Å². The van der Waals surface area contributed by atoms with Crippen molar-refractivity contribution >= 4 is 11.6 Å². The van der Waals surface area contributed by atoms with Gasteiger partial charge in [0, 0.05) is 0 Å². The molecule has 1 aliphatic rings. The summed E-state index contributed by atoms with van der Waals surface area (Å²) in [5, 5.41) is 0. The maximum absolute atomic E-state index is 2.40. The number of benzene rings is 3. The topological polar surface area (TPSA) is 0 Å². The third-order valence-electron chi connectivity index (χ3n) is 4.71. The van der Waals surface area contributed by atoms with Gasteiger partial charge in [-0.05, 0) is 57.9 Å². The Kier molecular flexibility index (Phi) is 3.59. The van der Waals surface area contributed by atoms with Gasteiger partial charge in [0.1, 0.15) is 0 Å². The minimum absolute atomic E-state index is 1.03. The number of hydrogen-bond donors (Lipinski definition) is 0. The third-order valence-corrected chi connectivity index (χ3v) is 4.71. The SMILES string of the molecule is CCc1ccc2c(c1-c1ccccc1)C=C(c1ccccc1)C2. The molecule has 23 heavy (non-hydrogen) atoms. The van der Waals surface area contributed by atoms with Crippen LogP contribution in [0.5, 0.6) is 0 Å². The molecule has 0 fully saturated rings. The summed E-state index contributed by atoms with van der Waals surface area (Å²) in [7, 11) is 0. The van der Waals surface area contributed by atoms with E-state index in [-0.39, 0.29) is 0 Å². The van der Waals surface area contributed by atoms with Crippen molar-refractivity contribution < 1.29 is 0 Å². The van der Waals surface area contributed by atoms with Crippen LogP contribution in [-0.2, 0) is 12.8 Å². The van der Waals surface area contributed by atoms with Crippen LogP contribution in [-0.4, -0.2) is 0 Å². The molecule has 3 aromatic rings. The molecule has 0 spiro atoms. The minimum atomic E-state index is 1.03. The fourth-order valence-corrected chi connectivity index (χ4v) is 3.54. The van der Waals surface area contributed by atoms with Gasteiger partial charge in [-0.1, -0.05) is 79.7 Å². The summed E-state index contributed by atoms with van der Waals surface area (Å²) in [4.78, 5) is 0. The van der Waals surface area contributed by atoms with Crippen LogP contribution in [0.25, 0.3) is 22.8 Å². The van der Waals surface area contributed by atoms with Crippen molar-refractivity contribution in [1.82, 2.24) is 0 Å². The zero-order valence-corrected chi connectivity index (χ0v) is 13.4. The first kappa shape index (κ1) is 14.0. The van der Waals surface area contributed by atoms with Crippen molar-refractivity contribution in [1.29, 1.82) is 0 Å². The molecule has 3 aromatic carbocycles. The average molecular weight is 296 g/mol. The lowest BCUT2D eigenvalue weighted by molar-refractivity contribution is 1.13.